The van der Waals surface area contributed by atoms with E-state index >= 15 is 0 Å². The van der Waals surface area contributed by atoms with Crippen LogP contribution in [0.15, 0.2) is 65.4 Å². The lowest BCUT2D eigenvalue weighted by molar-refractivity contribution is 0.0746. The fourth-order valence-corrected chi connectivity index (χ4v) is 3.54. The van der Waals surface area contributed by atoms with Crippen LogP contribution in [0.1, 0.15) is 10.4 Å². The van der Waals surface area contributed by atoms with E-state index in [9.17, 15) is 4.79 Å². The lowest BCUT2D eigenvalue weighted by Gasteiger charge is -2.35. The third-order valence-electron chi connectivity index (χ3n) is 5.05. The van der Waals surface area contributed by atoms with E-state index in [-0.39, 0.29) is 5.91 Å². The highest BCUT2D eigenvalue weighted by molar-refractivity contribution is 5.97. The van der Waals surface area contributed by atoms with Crippen molar-refractivity contribution in [2.45, 2.75) is 0 Å². The van der Waals surface area contributed by atoms with Crippen molar-refractivity contribution in [3.05, 3.63) is 66.6 Å². The van der Waals surface area contributed by atoms with E-state index in [0.717, 1.165) is 29.8 Å². The molecule has 27 heavy (non-hydrogen) atoms. The molecule has 0 saturated carbocycles. The van der Waals surface area contributed by atoms with Gasteiger partial charge in [0.25, 0.3) is 5.91 Å². The van der Waals surface area contributed by atoms with Crippen molar-refractivity contribution < 1.29 is 9.21 Å². The molecule has 0 N–H and O–H groups in total. The molecule has 0 bridgehead atoms. The number of anilines is 1. The molecule has 134 valence electrons. The summed E-state index contributed by atoms with van der Waals surface area (Å²) in [5.41, 5.74) is 3.04. The number of hydrogen-bond acceptors (Lipinski definition) is 5. The number of aromatic nitrogens is 2. The van der Waals surface area contributed by atoms with Crippen molar-refractivity contribution in [1.29, 1.82) is 0 Å². The molecule has 1 aliphatic heterocycles. The summed E-state index contributed by atoms with van der Waals surface area (Å²) >= 11 is 0. The van der Waals surface area contributed by atoms with Crippen LogP contribution in [-0.2, 0) is 0 Å². The van der Waals surface area contributed by atoms with E-state index in [1.165, 1.54) is 6.39 Å². The SMILES string of the molecule is O=C(c1ccc2ocnc2c1)N1CCN(c2ccc3ccccc3n2)CC1. The topological polar surface area (TPSA) is 62.5 Å². The fraction of sp³-hybridized carbons (Fsp3) is 0.190. The van der Waals surface area contributed by atoms with Gasteiger partial charge in [0.1, 0.15) is 11.3 Å². The molecule has 0 spiro atoms. The molecule has 1 aliphatic rings. The molecule has 5 rings (SSSR count). The van der Waals surface area contributed by atoms with Crippen molar-refractivity contribution in [1.82, 2.24) is 14.9 Å². The highest BCUT2D eigenvalue weighted by Gasteiger charge is 2.23. The lowest BCUT2D eigenvalue weighted by atomic mass is 10.1. The van der Waals surface area contributed by atoms with Gasteiger partial charge in [-0.3, -0.25) is 4.79 Å². The fourth-order valence-electron chi connectivity index (χ4n) is 3.54. The summed E-state index contributed by atoms with van der Waals surface area (Å²) < 4.78 is 5.24. The normalized spacial score (nSPS) is 14.8. The first kappa shape index (κ1) is 15.8. The van der Waals surface area contributed by atoms with E-state index in [0.29, 0.717) is 29.8 Å². The lowest BCUT2D eigenvalue weighted by Crippen LogP contribution is -2.49. The first-order valence-electron chi connectivity index (χ1n) is 9.01. The maximum Gasteiger partial charge on any atom is 0.254 e. The van der Waals surface area contributed by atoms with Crippen molar-refractivity contribution in [2.24, 2.45) is 0 Å². The molecule has 1 fully saturated rings. The maximum absolute atomic E-state index is 12.8. The second kappa shape index (κ2) is 6.39. The summed E-state index contributed by atoms with van der Waals surface area (Å²) in [6.07, 6.45) is 1.40. The Morgan fingerprint density at radius 1 is 0.926 bits per heavy atom. The molecule has 6 heteroatoms. The average molecular weight is 358 g/mol. The molecule has 1 amide bonds. The first-order valence-corrected chi connectivity index (χ1v) is 9.01. The Balaban J connectivity index is 1.30. The third kappa shape index (κ3) is 2.89. The van der Waals surface area contributed by atoms with Crippen molar-refractivity contribution >= 4 is 33.7 Å². The molecule has 0 aliphatic carbocycles. The Labute approximate surface area is 156 Å². The zero-order chi connectivity index (χ0) is 18.2. The first-order chi connectivity index (χ1) is 13.3. The molecule has 2 aromatic carbocycles. The summed E-state index contributed by atoms with van der Waals surface area (Å²) in [6.45, 7) is 2.88. The number of piperazine rings is 1. The van der Waals surface area contributed by atoms with Gasteiger partial charge in [-0.2, -0.15) is 0 Å². The molecule has 3 heterocycles. The van der Waals surface area contributed by atoms with Gasteiger partial charge >= 0.3 is 0 Å². The smallest absolute Gasteiger partial charge is 0.254 e. The van der Waals surface area contributed by atoms with Crippen LogP contribution in [0.25, 0.3) is 22.0 Å². The van der Waals surface area contributed by atoms with E-state index < -0.39 is 0 Å². The number of para-hydroxylation sites is 1. The van der Waals surface area contributed by atoms with E-state index in [1.54, 1.807) is 18.2 Å². The van der Waals surface area contributed by atoms with E-state index in [1.807, 2.05) is 23.1 Å². The van der Waals surface area contributed by atoms with Gasteiger partial charge in [-0.15, -0.1) is 0 Å². The van der Waals surface area contributed by atoms with Gasteiger partial charge in [-0.25, -0.2) is 9.97 Å². The molecule has 0 unspecified atom stereocenters. The highest BCUT2D eigenvalue weighted by atomic mass is 16.3. The molecule has 4 aromatic rings. The minimum Gasteiger partial charge on any atom is -0.443 e. The molecule has 1 saturated heterocycles. The number of nitrogens with zero attached hydrogens (tertiary/aromatic N) is 4. The number of pyridine rings is 1. The molecule has 6 nitrogen and oxygen atoms in total. The number of amides is 1. The van der Waals surface area contributed by atoms with Gasteiger partial charge in [0.05, 0.1) is 5.52 Å². The Bertz CT molecular complexity index is 1130. The Morgan fingerprint density at radius 3 is 2.67 bits per heavy atom. The number of oxazole rings is 1. The molecular formula is C21H18N4O2. The monoisotopic (exact) mass is 358 g/mol. The van der Waals surface area contributed by atoms with Crippen LogP contribution in [0, 0.1) is 0 Å². The number of hydrogen-bond donors (Lipinski definition) is 0. The number of rotatable bonds is 2. The van der Waals surface area contributed by atoms with E-state index in [4.69, 9.17) is 9.40 Å². The number of carbonyl (C=O) groups excluding carboxylic acids is 1. The molecule has 2 aromatic heterocycles. The number of fused-ring (bicyclic) bond motifs is 2. The second-order valence-electron chi connectivity index (χ2n) is 6.68. The Morgan fingerprint density at radius 2 is 1.78 bits per heavy atom. The predicted octanol–water partition coefficient (Wildman–Crippen LogP) is 3.34. The molecular weight excluding hydrogens is 340 g/mol. The Hall–Kier alpha value is -3.41. The average Bonchev–Trinajstić information content (AvgIpc) is 3.21. The maximum atomic E-state index is 12.8. The summed E-state index contributed by atoms with van der Waals surface area (Å²) in [6, 6.07) is 17.6. The van der Waals surface area contributed by atoms with Crippen LogP contribution >= 0.6 is 0 Å². The van der Waals surface area contributed by atoms with Gasteiger partial charge in [0.15, 0.2) is 12.0 Å². The largest absolute Gasteiger partial charge is 0.443 e. The van der Waals surface area contributed by atoms with Crippen LogP contribution in [-0.4, -0.2) is 47.0 Å². The minimum absolute atomic E-state index is 0.0334. The van der Waals surface area contributed by atoms with Gasteiger partial charge in [-0.1, -0.05) is 18.2 Å². The quantitative estimate of drug-likeness (QED) is 0.550. The van der Waals surface area contributed by atoms with Crippen LogP contribution in [0.2, 0.25) is 0 Å². The molecule has 0 radical (unpaired) electrons. The zero-order valence-electron chi connectivity index (χ0n) is 14.7. The predicted molar refractivity (Wildman–Crippen MR) is 104 cm³/mol. The Kier molecular flexibility index (Phi) is 3.74. The summed E-state index contributed by atoms with van der Waals surface area (Å²) in [5.74, 6) is 0.996. The summed E-state index contributed by atoms with van der Waals surface area (Å²) in [5, 5.41) is 1.14. The van der Waals surface area contributed by atoms with Crippen LogP contribution in [0.3, 0.4) is 0 Å². The van der Waals surface area contributed by atoms with Crippen LogP contribution < -0.4 is 4.90 Å². The highest BCUT2D eigenvalue weighted by Crippen LogP contribution is 2.21. The standard InChI is InChI=1S/C21H18N4O2/c26-21(16-5-7-19-18(13-16)22-14-27-19)25-11-9-24(10-12-25)20-8-6-15-3-1-2-4-17(15)23-20/h1-8,13-14H,9-12H2. The van der Waals surface area contributed by atoms with Gasteiger partial charge < -0.3 is 14.2 Å². The van der Waals surface area contributed by atoms with Crippen LogP contribution in [0.4, 0.5) is 5.82 Å². The van der Waals surface area contributed by atoms with Gasteiger partial charge in [0, 0.05) is 37.1 Å². The second-order valence-corrected chi connectivity index (χ2v) is 6.68. The minimum atomic E-state index is 0.0334. The van der Waals surface area contributed by atoms with Crippen molar-refractivity contribution in [2.75, 3.05) is 31.1 Å². The number of benzene rings is 2. The van der Waals surface area contributed by atoms with Crippen LogP contribution in [0.5, 0.6) is 0 Å². The van der Waals surface area contributed by atoms with Crippen molar-refractivity contribution in [3.8, 4) is 0 Å². The molecule has 0 atom stereocenters. The van der Waals surface area contributed by atoms with Crippen molar-refractivity contribution in [3.63, 3.8) is 0 Å². The zero-order valence-corrected chi connectivity index (χ0v) is 14.7. The van der Waals surface area contributed by atoms with Gasteiger partial charge in [0.2, 0.25) is 0 Å². The van der Waals surface area contributed by atoms with Gasteiger partial charge in [-0.05, 0) is 36.4 Å². The summed E-state index contributed by atoms with van der Waals surface area (Å²) in [7, 11) is 0. The van der Waals surface area contributed by atoms with E-state index in [2.05, 4.69) is 28.1 Å². The summed E-state index contributed by atoms with van der Waals surface area (Å²) in [4.78, 5) is 25.8. The number of carbonyl (C=O) groups is 1. The third-order valence-corrected chi connectivity index (χ3v) is 5.05.